The molecular weight excluding hydrogens is 424 g/mol. The van der Waals surface area contributed by atoms with Crippen LogP contribution >= 0.6 is 11.3 Å². The van der Waals surface area contributed by atoms with Gasteiger partial charge in [-0.05, 0) is 23.6 Å². The molecular formula is C21H27BrN2O2S. The first-order chi connectivity index (χ1) is 12.5. The Morgan fingerprint density at radius 1 is 1.11 bits per heavy atom. The number of benzene rings is 1. The fraction of sp³-hybridized carbons (Fsp3) is 0.476. The van der Waals surface area contributed by atoms with Crippen LogP contribution in [0.1, 0.15) is 30.6 Å². The van der Waals surface area contributed by atoms with Crippen molar-refractivity contribution < 1.29 is 31.0 Å². The van der Waals surface area contributed by atoms with Gasteiger partial charge < -0.3 is 26.2 Å². The number of para-hydroxylation sites is 1. The molecule has 2 saturated heterocycles. The number of rotatable bonds is 4. The molecule has 2 aliphatic heterocycles. The van der Waals surface area contributed by atoms with Crippen molar-refractivity contribution in [3.63, 3.8) is 0 Å². The molecule has 0 N–H and O–H groups in total. The monoisotopic (exact) mass is 450 g/mol. The highest BCUT2D eigenvalue weighted by molar-refractivity contribution is 7.09. The van der Waals surface area contributed by atoms with Crippen molar-refractivity contribution in [1.82, 2.24) is 0 Å². The molecule has 0 aliphatic carbocycles. The predicted octanol–water partition coefficient (Wildman–Crippen LogP) is 1.67. The molecule has 146 valence electrons. The lowest BCUT2D eigenvalue weighted by atomic mass is 9.98. The Hall–Kier alpha value is -1.37. The largest absolute Gasteiger partial charge is 1.00 e. The van der Waals surface area contributed by atoms with Crippen molar-refractivity contribution in [2.24, 2.45) is 0 Å². The molecule has 3 atom stereocenters. The van der Waals surface area contributed by atoms with Crippen LogP contribution in [0.4, 0.5) is 10.5 Å². The second-order valence-electron chi connectivity index (χ2n) is 7.99. The van der Waals surface area contributed by atoms with E-state index in [2.05, 4.69) is 20.2 Å². The minimum atomic E-state index is -0.221. The van der Waals surface area contributed by atoms with Gasteiger partial charge >= 0.3 is 6.09 Å². The zero-order chi connectivity index (χ0) is 18.1. The molecule has 27 heavy (non-hydrogen) atoms. The molecule has 4 rings (SSSR count). The van der Waals surface area contributed by atoms with Gasteiger partial charge in [0.2, 0.25) is 0 Å². The van der Waals surface area contributed by atoms with Gasteiger partial charge in [-0.15, -0.1) is 11.3 Å². The number of amides is 1. The number of ether oxygens (including phenoxy) is 1. The van der Waals surface area contributed by atoms with Crippen molar-refractivity contribution in [1.29, 1.82) is 0 Å². The first kappa shape index (κ1) is 20.4. The topological polar surface area (TPSA) is 29.5 Å². The van der Waals surface area contributed by atoms with Gasteiger partial charge in [0.25, 0.3) is 0 Å². The fourth-order valence-corrected chi connectivity index (χ4v) is 5.25. The highest BCUT2D eigenvalue weighted by atomic mass is 79.9. The molecule has 4 nitrogen and oxygen atoms in total. The van der Waals surface area contributed by atoms with Gasteiger partial charge in [0.1, 0.15) is 6.10 Å². The zero-order valence-electron chi connectivity index (χ0n) is 15.9. The van der Waals surface area contributed by atoms with Crippen LogP contribution in [-0.4, -0.2) is 42.9 Å². The summed E-state index contributed by atoms with van der Waals surface area (Å²) < 4.78 is 7.10. The number of quaternary nitrogens is 1. The number of halogens is 1. The SMILES string of the molecule is C[N+]1(C)[C@@H]2CC[C@H]1C[C@@H](OC(=O)N(Cc1cccs1)c1ccccc1)C2.[Br-]. The van der Waals surface area contributed by atoms with Gasteiger partial charge in [-0.25, -0.2) is 4.79 Å². The molecule has 0 spiro atoms. The number of anilines is 1. The highest BCUT2D eigenvalue weighted by Crippen LogP contribution is 2.40. The van der Waals surface area contributed by atoms with Crippen LogP contribution in [0, 0.1) is 0 Å². The minimum Gasteiger partial charge on any atom is -1.00 e. The maximum absolute atomic E-state index is 13.0. The summed E-state index contributed by atoms with van der Waals surface area (Å²) in [4.78, 5) is 16.0. The number of piperidine rings is 1. The van der Waals surface area contributed by atoms with Crippen LogP contribution < -0.4 is 21.9 Å². The second-order valence-corrected chi connectivity index (χ2v) is 9.02. The molecule has 1 amide bonds. The Labute approximate surface area is 176 Å². The molecule has 2 fully saturated rings. The normalized spacial score (nSPS) is 25.5. The van der Waals surface area contributed by atoms with Crippen molar-refractivity contribution in [2.45, 2.75) is 50.4 Å². The van der Waals surface area contributed by atoms with E-state index in [0.717, 1.165) is 27.9 Å². The molecule has 2 aromatic rings. The molecule has 0 radical (unpaired) electrons. The van der Waals surface area contributed by atoms with E-state index in [1.54, 1.807) is 16.2 Å². The van der Waals surface area contributed by atoms with Crippen LogP contribution in [0.3, 0.4) is 0 Å². The first-order valence-corrected chi connectivity index (χ1v) is 10.3. The summed E-state index contributed by atoms with van der Waals surface area (Å²) in [6, 6.07) is 15.2. The summed E-state index contributed by atoms with van der Waals surface area (Å²) in [7, 11) is 4.65. The third kappa shape index (κ3) is 4.23. The summed E-state index contributed by atoms with van der Waals surface area (Å²) in [5, 5.41) is 2.04. The van der Waals surface area contributed by atoms with Gasteiger partial charge in [-0.2, -0.15) is 0 Å². The van der Waals surface area contributed by atoms with Crippen LogP contribution in [-0.2, 0) is 11.3 Å². The molecule has 1 aromatic carbocycles. The lowest BCUT2D eigenvalue weighted by molar-refractivity contribution is -0.931. The highest BCUT2D eigenvalue weighted by Gasteiger charge is 2.50. The molecule has 1 aromatic heterocycles. The number of carbonyl (C=O) groups is 1. The Morgan fingerprint density at radius 3 is 2.37 bits per heavy atom. The molecule has 0 unspecified atom stereocenters. The molecule has 6 heteroatoms. The van der Waals surface area contributed by atoms with Crippen molar-refractivity contribution in [2.75, 3.05) is 19.0 Å². The Morgan fingerprint density at radius 2 is 1.78 bits per heavy atom. The van der Waals surface area contributed by atoms with Gasteiger partial charge in [-0.1, -0.05) is 24.3 Å². The van der Waals surface area contributed by atoms with E-state index < -0.39 is 0 Å². The summed E-state index contributed by atoms with van der Waals surface area (Å²) in [6.07, 6.45) is 4.29. The van der Waals surface area contributed by atoms with E-state index in [1.165, 1.54) is 12.8 Å². The van der Waals surface area contributed by atoms with Crippen molar-refractivity contribution >= 4 is 23.1 Å². The van der Waals surface area contributed by atoms with E-state index in [0.29, 0.717) is 18.6 Å². The fourth-order valence-electron chi connectivity index (χ4n) is 4.56. The smallest absolute Gasteiger partial charge is 0.414 e. The maximum Gasteiger partial charge on any atom is 0.414 e. The summed E-state index contributed by atoms with van der Waals surface area (Å²) in [5.41, 5.74) is 0.890. The minimum absolute atomic E-state index is 0. The first-order valence-electron chi connectivity index (χ1n) is 9.43. The number of nitrogens with zero attached hydrogens (tertiary/aromatic N) is 2. The van der Waals surface area contributed by atoms with E-state index in [4.69, 9.17) is 4.74 Å². The van der Waals surface area contributed by atoms with Crippen molar-refractivity contribution in [3.05, 3.63) is 52.7 Å². The number of hydrogen-bond donors (Lipinski definition) is 0. The number of fused-ring (bicyclic) bond motifs is 2. The standard InChI is InChI=1S/C21H27N2O2S.BrH/c1-23(2)17-10-11-18(23)14-19(13-17)25-21(24)22(15-20-9-6-12-26-20)16-7-4-3-5-8-16;/h3-9,12,17-19H,10-11,13-15H2,1-2H3;1H/q+1;/p-1/t17-,18+,19+;. The third-order valence-electron chi connectivity index (χ3n) is 6.24. The molecule has 2 bridgehead atoms. The lowest BCUT2D eigenvalue weighted by Crippen LogP contribution is -3.00. The quantitative estimate of drug-likeness (QED) is 0.662. The molecule has 0 saturated carbocycles. The van der Waals surface area contributed by atoms with Crippen LogP contribution in [0.2, 0.25) is 0 Å². The number of carbonyl (C=O) groups excluding carboxylic acids is 1. The van der Waals surface area contributed by atoms with Gasteiger partial charge in [0.05, 0.1) is 32.7 Å². The van der Waals surface area contributed by atoms with E-state index >= 15 is 0 Å². The lowest BCUT2D eigenvalue weighted by Gasteiger charge is -2.44. The predicted molar refractivity (Wildman–Crippen MR) is 105 cm³/mol. The van der Waals surface area contributed by atoms with Gasteiger partial charge in [0.15, 0.2) is 0 Å². The summed E-state index contributed by atoms with van der Waals surface area (Å²) in [5.74, 6) is 0. The third-order valence-corrected chi connectivity index (χ3v) is 7.10. The Kier molecular flexibility index (Phi) is 6.28. The van der Waals surface area contributed by atoms with Crippen molar-refractivity contribution in [3.8, 4) is 0 Å². The van der Waals surface area contributed by atoms with Crippen LogP contribution in [0.5, 0.6) is 0 Å². The number of hydrogen-bond acceptors (Lipinski definition) is 3. The number of thiophene rings is 1. The summed E-state index contributed by atoms with van der Waals surface area (Å²) >= 11 is 1.67. The Bertz CT molecular complexity index is 735. The van der Waals surface area contributed by atoms with Gasteiger partial charge in [-0.3, -0.25) is 4.90 Å². The molecule has 3 heterocycles. The average molecular weight is 451 g/mol. The Balaban J connectivity index is 0.00000210. The van der Waals surface area contributed by atoms with Crippen LogP contribution in [0.25, 0.3) is 0 Å². The maximum atomic E-state index is 13.0. The zero-order valence-corrected chi connectivity index (χ0v) is 18.3. The average Bonchev–Trinajstić information content (AvgIpc) is 3.16. The van der Waals surface area contributed by atoms with E-state index in [-0.39, 0.29) is 29.2 Å². The van der Waals surface area contributed by atoms with Crippen LogP contribution in [0.15, 0.2) is 47.8 Å². The summed E-state index contributed by atoms with van der Waals surface area (Å²) in [6.45, 7) is 0.557. The van der Waals surface area contributed by atoms with E-state index in [9.17, 15) is 4.79 Å². The van der Waals surface area contributed by atoms with E-state index in [1.807, 2.05) is 41.8 Å². The molecule has 2 aliphatic rings. The second kappa shape index (κ2) is 8.33. The van der Waals surface area contributed by atoms with Gasteiger partial charge in [0, 0.05) is 36.2 Å².